The normalized spacial score (nSPS) is 14.3. The number of rotatable bonds is 10. The van der Waals surface area contributed by atoms with Gasteiger partial charge in [0.1, 0.15) is 11.9 Å². The molecule has 0 fully saturated rings. The van der Waals surface area contributed by atoms with Gasteiger partial charge in [0.05, 0.1) is 35.9 Å². The van der Waals surface area contributed by atoms with Crippen molar-refractivity contribution in [3.8, 4) is 11.4 Å². The summed E-state index contributed by atoms with van der Waals surface area (Å²) in [5.74, 6) is 0.261. The van der Waals surface area contributed by atoms with Gasteiger partial charge in [-0.05, 0) is 58.4 Å². The molecule has 3 aromatic rings. The lowest BCUT2D eigenvalue weighted by Crippen LogP contribution is -2.46. The molecule has 3 atom stereocenters. The van der Waals surface area contributed by atoms with Crippen molar-refractivity contribution in [3.63, 3.8) is 0 Å². The molecule has 35 heavy (non-hydrogen) atoms. The first-order chi connectivity index (χ1) is 16.5. The number of hydrogen-bond acceptors (Lipinski definition) is 7. The lowest BCUT2D eigenvalue weighted by atomic mass is 10.1. The third-order valence-electron chi connectivity index (χ3n) is 5.84. The van der Waals surface area contributed by atoms with Gasteiger partial charge in [-0.2, -0.15) is 0 Å². The molecule has 0 spiro atoms. The summed E-state index contributed by atoms with van der Waals surface area (Å²) in [5, 5.41) is 13.2. The second kappa shape index (κ2) is 11.2. The molecule has 0 unspecified atom stereocenters. The number of esters is 1. The number of aromatic nitrogens is 3. The lowest BCUT2D eigenvalue weighted by molar-refractivity contribution is -0.152. The number of nitrogens with one attached hydrogen (secondary N) is 1. The zero-order chi connectivity index (χ0) is 25.9. The van der Waals surface area contributed by atoms with Gasteiger partial charge in [0.2, 0.25) is 0 Å². The maximum atomic E-state index is 12.4. The Kier molecular flexibility index (Phi) is 8.47. The zero-order valence-electron chi connectivity index (χ0n) is 21.5. The van der Waals surface area contributed by atoms with E-state index in [2.05, 4.69) is 16.8 Å². The molecule has 0 aliphatic heterocycles. The molecule has 0 radical (unpaired) electrons. The van der Waals surface area contributed by atoms with E-state index in [-0.39, 0.29) is 17.7 Å². The number of aliphatic hydroxyl groups excluding tert-OH is 1. The predicted molar refractivity (Wildman–Crippen MR) is 135 cm³/mol. The summed E-state index contributed by atoms with van der Waals surface area (Å²) >= 11 is 0. The molecular formula is C26H36N4O5. The molecule has 0 amide bonds. The van der Waals surface area contributed by atoms with Crippen LogP contribution < -0.4 is 10.9 Å². The number of aliphatic hydroxyl groups is 1. The summed E-state index contributed by atoms with van der Waals surface area (Å²) in [5.41, 5.74) is 4.07. The van der Waals surface area contributed by atoms with Crippen LogP contribution in [0.3, 0.4) is 0 Å². The topological polar surface area (TPSA) is 108 Å². The molecule has 0 saturated carbocycles. The first-order valence-electron chi connectivity index (χ1n) is 11.8. The fourth-order valence-corrected chi connectivity index (χ4v) is 4.20. The zero-order valence-corrected chi connectivity index (χ0v) is 21.5. The average molecular weight is 485 g/mol. The van der Waals surface area contributed by atoms with Gasteiger partial charge in [0.15, 0.2) is 0 Å². The highest BCUT2D eigenvalue weighted by atomic mass is 16.5. The second-order valence-electron chi connectivity index (χ2n) is 9.35. The summed E-state index contributed by atoms with van der Waals surface area (Å²) in [7, 11) is 3.40. The molecule has 0 saturated heterocycles. The van der Waals surface area contributed by atoms with Crippen LogP contribution in [0, 0.1) is 6.92 Å². The number of carbonyl (C=O) groups excluding carboxylic acids is 1. The van der Waals surface area contributed by atoms with Crippen molar-refractivity contribution in [1.82, 2.24) is 19.4 Å². The lowest BCUT2D eigenvalue weighted by Gasteiger charge is -2.21. The van der Waals surface area contributed by atoms with Crippen LogP contribution in [0.15, 0.2) is 35.3 Å². The Morgan fingerprint density at radius 2 is 1.91 bits per heavy atom. The van der Waals surface area contributed by atoms with Crippen molar-refractivity contribution in [3.05, 3.63) is 51.9 Å². The van der Waals surface area contributed by atoms with E-state index in [1.807, 2.05) is 24.3 Å². The van der Waals surface area contributed by atoms with Gasteiger partial charge in [-0.1, -0.05) is 6.07 Å². The molecule has 2 N–H and O–H groups in total. The Labute approximate surface area is 205 Å². The number of pyridine rings is 1. The van der Waals surface area contributed by atoms with Gasteiger partial charge >= 0.3 is 5.97 Å². The fourth-order valence-electron chi connectivity index (χ4n) is 4.20. The van der Waals surface area contributed by atoms with Gasteiger partial charge in [-0.25, -0.2) is 4.98 Å². The maximum Gasteiger partial charge on any atom is 0.326 e. The van der Waals surface area contributed by atoms with Crippen LogP contribution >= 0.6 is 0 Å². The van der Waals surface area contributed by atoms with Crippen LogP contribution in [-0.4, -0.2) is 57.2 Å². The van der Waals surface area contributed by atoms with Crippen LogP contribution in [-0.2, 0) is 27.9 Å². The molecule has 2 heterocycles. The number of benzene rings is 1. The molecule has 190 valence electrons. The molecule has 0 aliphatic carbocycles. The Bertz CT molecular complexity index is 1220. The van der Waals surface area contributed by atoms with Crippen molar-refractivity contribution in [2.75, 3.05) is 13.7 Å². The Balaban J connectivity index is 1.99. The van der Waals surface area contributed by atoms with E-state index in [1.165, 1.54) is 0 Å². The Morgan fingerprint density at radius 1 is 1.20 bits per heavy atom. The van der Waals surface area contributed by atoms with E-state index in [0.717, 1.165) is 28.0 Å². The van der Waals surface area contributed by atoms with Crippen molar-refractivity contribution in [1.29, 1.82) is 0 Å². The largest absolute Gasteiger partial charge is 0.462 e. The van der Waals surface area contributed by atoms with Gasteiger partial charge < -0.3 is 23.7 Å². The monoisotopic (exact) mass is 484 g/mol. The minimum absolute atomic E-state index is 0.00642. The van der Waals surface area contributed by atoms with Crippen LogP contribution in [0.5, 0.6) is 0 Å². The van der Waals surface area contributed by atoms with Crippen molar-refractivity contribution in [2.45, 2.75) is 65.5 Å². The molecule has 3 rings (SSSR count). The fraction of sp³-hybridized carbons (Fsp3) is 0.500. The highest BCUT2D eigenvalue weighted by Crippen LogP contribution is 2.29. The molecular weight excluding hydrogens is 448 g/mol. The number of ether oxygens (including phenoxy) is 2. The summed E-state index contributed by atoms with van der Waals surface area (Å²) in [6, 6.07) is 6.95. The van der Waals surface area contributed by atoms with E-state index in [9.17, 15) is 14.7 Å². The van der Waals surface area contributed by atoms with Crippen LogP contribution in [0.2, 0.25) is 0 Å². The third kappa shape index (κ3) is 5.98. The second-order valence-corrected chi connectivity index (χ2v) is 9.35. The quantitative estimate of drug-likeness (QED) is 0.426. The van der Waals surface area contributed by atoms with E-state index in [4.69, 9.17) is 14.5 Å². The maximum absolute atomic E-state index is 12.4. The van der Waals surface area contributed by atoms with Gasteiger partial charge in [0.25, 0.3) is 5.56 Å². The summed E-state index contributed by atoms with van der Waals surface area (Å²) in [6.45, 7) is 9.82. The van der Waals surface area contributed by atoms with Crippen LogP contribution in [0.1, 0.15) is 44.9 Å². The highest BCUT2D eigenvalue weighted by Gasteiger charge is 2.26. The van der Waals surface area contributed by atoms with E-state index in [0.29, 0.717) is 18.7 Å². The summed E-state index contributed by atoms with van der Waals surface area (Å²) < 4.78 is 14.4. The standard InChI is InChI=1S/C26H36N4O5/c1-15(2)35-26(33)23(18(5)31)27-12-19-8-9-22-21(11-19)28-24(30(22)17(4)14-34-7)20-10-16(3)25(32)29(6)13-20/h8-11,13,15,17-18,23,27,31H,12,14H2,1-7H3/t17-,18-,23+/m1/s1. The molecule has 0 bridgehead atoms. The summed E-state index contributed by atoms with van der Waals surface area (Å²) in [4.78, 5) is 29.5. The Morgan fingerprint density at radius 3 is 2.51 bits per heavy atom. The van der Waals surface area contributed by atoms with Crippen molar-refractivity contribution in [2.24, 2.45) is 7.05 Å². The first-order valence-corrected chi connectivity index (χ1v) is 11.8. The average Bonchev–Trinajstić information content (AvgIpc) is 3.15. The Hall–Kier alpha value is -3.01. The molecule has 9 nitrogen and oxygen atoms in total. The van der Waals surface area contributed by atoms with E-state index >= 15 is 0 Å². The number of fused-ring (bicyclic) bond motifs is 1. The van der Waals surface area contributed by atoms with Crippen LogP contribution in [0.25, 0.3) is 22.4 Å². The predicted octanol–water partition coefficient (Wildman–Crippen LogP) is 2.71. The molecule has 0 aliphatic rings. The van der Waals surface area contributed by atoms with Crippen LogP contribution in [0.4, 0.5) is 0 Å². The van der Waals surface area contributed by atoms with Crippen molar-refractivity contribution < 1.29 is 19.4 Å². The number of nitrogens with zero attached hydrogens (tertiary/aromatic N) is 3. The number of carbonyl (C=O) groups is 1. The smallest absolute Gasteiger partial charge is 0.326 e. The number of aryl methyl sites for hydroxylation is 2. The minimum Gasteiger partial charge on any atom is -0.462 e. The number of methoxy groups -OCH3 is 1. The molecule has 1 aromatic carbocycles. The number of hydrogen-bond donors (Lipinski definition) is 2. The highest BCUT2D eigenvalue weighted by molar-refractivity contribution is 5.81. The minimum atomic E-state index is -0.904. The van der Waals surface area contributed by atoms with E-state index in [1.54, 1.807) is 52.6 Å². The molecule has 9 heteroatoms. The van der Waals surface area contributed by atoms with E-state index < -0.39 is 18.1 Å². The SMILES string of the molecule is COC[C@@H](C)n1c(-c2cc(C)c(=O)n(C)c2)nc2cc(CN[C@H](C(=O)OC(C)C)[C@@H](C)O)ccc21. The third-order valence-corrected chi connectivity index (χ3v) is 5.84. The summed E-state index contributed by atoms with van der Waals surface area (Å²) in [6.07, 6.45) is 0.626. The molecule has 2 aromatic heterocycles. The van der Waals surface area contributed by atoms with Gasteiger partial charge in [-0.3, -0.25) is 14.9 Å². The van der Waals surface area contributed by atoms with Gasteiger partial charge in [0, 0.05) is 38.0 Å². The van der Waals surface area contributed by atoms with Gasteiger partial charge in [-0.15, -0.1) is 0 Å². The first kappa shape index (κ1) is 26.6. The number of imidazole rings is 1. The van der Waals surface area contributed by atoms with Crippen molar-refractivity contribution >= 4 is 17.0 Å².